The molecule has 0 atom stereocenters. The minimum atomic E-state index is -3.43. The number of nitrogens with one attached hydrogen (secondary N) is 1. The van der Waals surface area contributed by atoms with Crippen molar-refractivity contribution in [3.8, 4) is 0 Å². The number of benzene rings is 1. The van der Waals surface area contributed by atoms with Gasteiger partial charge in [0.25, 0.3) is 0 Å². The van der Waals surface area contributed by atoms with E-state index in [4.69, 9.17) is 0 Å². The van der Waals surface area contributed by atoms with Crippen molar-refractivity contribution in [1.29, 1.82) is 0 Å². The first-order valence-corrected chi connectivity index (χ1v) is 9.39. The fourth-order valence-corrected chi connectivity index (χ4v) is 3.03. The number of amides is 1. The lowest BCUT2D eigenvalue weighted by Gasteiger charge is -2.21. The number of anilines is 1. The number of aryl methyl sites for hydroxylation is 1. The quantitative estimate of drug-likeness (QED) is 0.764. The molecule has 0 aliphatic heterocycles. The SMILES string of the molecule is Cc1cc(Br)ccc1NC(=O)CN(CCN(C)C)S(C)(=O)=O. The van der Waals surface area contributed by atoms with Crippen LogP contribution in [0.4, 0.5) is 5.69 Å². The van der Waals surface area contributed by atoms with Crippen molar-refractivity contribution in [2.45, 2.75) is 6.92 Å². The smallest absolute Gasteiger partial charge is 0.239 e. The molecule has 0 saturated heterocycles. The van der Waals surface area contributed by atoms with Crippen LogP contribution in [0.1, 0.15) is 5.56 Å². The van der Waals surface area contributed by atoms with Crippen molar-refractivity contribution < 1.29 is 13.2 Å². The first-order valence-electron chi connectivity index (χ1n) is 6.75. The van der Waals surface area contributed by atoms with Crippen LogP contribution < -0.4 is 5.32 Å². The number of hydrogen-bond acceptors (Lipinski definition) is 4. The summed E-state index contributed by atoms with van der Waals surface area (Å²) in [5, 5.41) is 2.75. The third kappa shape index (κ3) is 6.43. The van der Waals surface area contributed by atoms with Gasteiger partial charge in [0, 0.05) is 23.2 Å². The number of rotatable bonds is 7. The van der Waals surface area contributed by atoms with Gasteiger partial charge in [-0.1, -0.05) is 15.9 Å². The summed E-state index contributed by atoms with van der Waals surface area (Å²) >= 11 is 3.36. The Kier molecular flexibility index (Phi) is 6.98. The van der Waals surface area contributed by atoms with Gasteiger partial charge in [-0.05, 0) is 44.8 Å². The highest BCUT2D eigenvalue weighted by Gasteiger charge is 2.20. The van der Waals surface area contributed by atoms with Crippen LogP contribution in [0.5, 0.6) is 0 Å². The molecule has 0 aliphatic rings. The van der Waals surface area contributed by atoms with Gasteiger partial charge in [-0.15, -0.1) is 0 Å². The molecule has 0 saturated carbocycles. The summed E-state index contributed by atoms with van der Waals surface area (Å²) in [4.78, 5) is 14.0. The summed E-state index contributed by atoms with van der Waals surface area (Å²) in [5.41, 5.74) is 1.58. The van der Waals surface area contributed by atoms with Crippen molar-refractivity contribution in [1.82, 2.24) is 9.21 Å². The summed E-state index contributed by atoms with van der Waals surface area (Å²) in [6.07, 6.45) is 1.11. The second-order valence-corrected chi connectivity index (χ2v) is 8.31. The van der Waals surface area contributed by atoms with Gasteiger partial charge in [0.1, 0.15) is 0 Å². The molecular weight excluding hydrogens is 370 g/mol. The number of halogens is 1. The molecule has 22 heavy (non-hydrogen) atoms. The summed E-state index contributed by atoms with van der Waals surface area (Å²) in [6.45, 7) is 2.51. The maximum atomic E-state index is 12.1. The van der Waals surface area contributed by atoms with E-state index in [2.05, 4.69) is 21.2 Å². The van der Waals surface area contributed by atoms with E-state index < -0.39 is 10.0 Å². The highest BCUT2D eigenvalue weighted by atomic mass is 79.9. The van der Waals surface area contributed by atoms with Gasteiger partial charge in [0.05, 0.1) is 12.8 Å². The summed E-state index contributed by atoms with van der Waals surface area (Å²) < 4.78 is 25.6. The molecular formula is C14H22BrN3O3S. The Morgan fingerprint density at radius 1 is 1.27 bits per heavy atom. The van der Waals surface area contributed by atoms with Crippen molar-refractivity contribution in [2.75, 3.05) is 45.3 Å². The minimum absolute atomic E-state index is 0.192. The Morgan fingerprint density at radius 3 is 2.41 bits per heavy atom. The zero-order valence-corrected chi connectivity index (χ0v) is 15.7. The number of carbonyl (C=O) groups excluding carboxylic acids is 1. The van der Waals surface area contributed by atoms with Crippen LogP contribution in [0.3, 0.4) is 0 Å². The summed E-state index contributed by atoms with van der Waals surface area (Å²) in [7, 11) is 0.279. The number of hydrogen-bond donors (Lipinski definition) is 1. The van der Waals surface area contributed by atoms with Crippen molar-refractivity contribution >= 4 is 37.5 Å². The van der Waals surface area contributed by atoms with Crippen LogP contribution in [-0.4, -0.2) is 63.5 Å². The highest BCUT2D eigenvalue weighted by molar-refractivity contribution is 9.10. The van der Waals surface area contributed by atoms with Gasteiger partial charge in [0.2, 0.25) is 15.9 Å². The number of carbonyl (C=O) groups is 1. The third-order valence-electron chi connectivity index (χ3n) is 3.05. The molecule has 0 spiro atoms. The molecule has 0 unspecified atom stereocenters. The maximum absolute atomic E-state index is 12.1. The van der Waals surface area contributed by atoms with Gasteiger partial charge in [-0.3, -0.25) is 4.79 Å². The Morgan fingerprint density at radius 2 is 1.91 bits per heavy atom. The fraction of sp³-hybridized carbons (Fsp3) is 0.500. The molecule has 8 heteroatoms. The minimum Gasteiger partial charge on any atom is -0.325 e. The molecule has 0 bridgehead atoms. The van der Waals surface area contributed by atoms with Crippen LogP contribution >= 0.6 is 15.9 Å². The molecule has 1 aromatic rings. The van der Waals surface area contributed by atoms with E-state index in [1.807, 2.05) is 38.1 Å². The molecule has 1 aromatic carbocycles. The van der Waals surface area contributed by atoms with E-state index in [0.717, 1.165) is 16.3 Å². The highest BCUT2D eigenvalue weighted by Crippen LogP contribution is 2.20. The lowest BCUT2D eigenvalue weighted by Crippen LogP contribution is -2.41. The lowest BCUT2D eigenvalue weighted by atomic mass is 10.2. The average molecular weight is 392 g/mol. The van der Waals surface area contributed by atoms with Crippen LogP contribution in [0, 0.1) is 6.92 Å². The van der Waals surface area contributed by atoms with E-state index in [1.54, 1.807) is 6.07 Å². The van der Waals surface area contributed by atoms with Gasteiger partial charge in [-0.25, -0.2) is 8.42 Å². The predicted octanol–water partition coefficient (Wildman–Crippen LogP) is 1.52. The zero-order valence-electron chi connectivity index (χ0n) is 13.3. The first-order chi connectivity index (χ1) is 10.1. The van der Waals surface area contributed by atoms with E-state index >= 15 is 0 Å². The standard InChI is InChI=1S/C14H22BrN3O3S/c1-11-9-12(15)5-6-13(11)16-14(19)10-18(22(4,20)21)8-7-17(2)3/h5-6,9H,7-8,10H2,1-4H3,(H,16,19). The molecule has 0 heterocycles. The lowest BCUT2D eigenvalue weighted by molar-refractivity contribution is -0.116. The number of nitrogens with zero attached hydrogens (tertiary/aromatic N) is 2. The Labute approximate surface area is 140 Å². The molecule has 0 fully saturated rings. The summed E-state index contributed by atoms with van der Waals surface area (Å²) in [6, 6.07) is 5.49. The topological polar surface area (TPSA) is 69.7 Å². The molecule has 1 amide bonds. The van der Waals surface area contributed by atoms with Crippen LogP contribution in [0.15, 0.2) is 22.7 Å². The van der Waals surface area contributed by atoms with Gasteiger partial charge < -0.3 is 10.2 Å². The van der Waals surface area contributed by atoms with Crippen LogP contribution in [0.25, 0.3) is 0 Å². The molecule has 0 radical (unpaired) electrons. The molecule has 0 aliphatic carbocycles. The number of sulfonamides is 1. The monoisotopic (exact) mass is 391 g/mol. The van der Waals surface area contributed by atoms with Gasteiger partial charge in [-0.2, -0.15) is 4.31 Å². The number of likely N-dealkylation sites (N-methyl/N-ethyl adjacent to an activating group) is 1. The Bertz CT molecular complexity index is 632. The Hall–Kier alpha value is -0.960. The van der Waals surface area contributed by atoms with Crippen LogP contribution in [-0.2, 0) is 14.8 Å². The van der Waals surface area contributed by atoms with Crippen molar-refractivity contribution in [3.05, 3.63) is 28.2 Å². The maximum Gasteiger partial charge on any atom is 0.239 e. The average Bonchev–Trinajstić information content (AvgIpc) is 2.36. The van der Waals surface area contributed by atoms with E-state index in [-0.39, 0.29) is 19.0 Å². The first kappa shape index (κ1) is 19.1. The summed E-state index contributed by atoms with van der Waals surface area (Å²) in [5.74, 6) is -0.352. The van der Waals surface area contributed by atoms with E-state index in [1.165, 1.54) is 4.31 Å². The van der Waals surface area contributed by atoms with Crippen molar-refractivity contribution in [3.63, 3.8) is 0 Å². The molecule has 0 aromatic heterocycles. The second kappa shape index (κ2) is 8.05. The zero-order chi connectivity index (χ0) is 16.9. The largest absolute Gasteiger partial charge is 0.325 e. The molecule has 1 rings (SSSR count). The predicted molar refractivity (Wildman–Crippen MR) is 92.5 cm³/mol. The molecule has 1 N–H and O–H groups in total. The second-order valence-electron chi connectivity index (χ2n) is 5.41. The van der Waals surface area contributed by atoms with E-state index in [9.17, 15) is 13.2 Å². The van der Waals surface area contributed by atoms with Crippen LogP contribution in [0.2, 0.25) is 0 Å². The molecule has 124 valence electrons. The molecule has 6 nitrogen and oxygen atoms in total. The third-order valence-corrected chi connectivity index (χ3v) is 4.79. The van der Waals surface area contributed by atoms with Gasteiger partial charge in [0.15, 0.2) is 0 Å². The Balaban J connectivity index is 2.74. The fourth-order valence-electron chi connectivity index (χ4n) is 1.79. The van der Waals surface area contributed by atoms with Crippen molar-refractivity contribution in [2.24, 2.45) is 0 Å². The van der Waals surface area contributed by atoms with E-state index in [0.29, 0.717) is 12.2 Å². The normalized spacial score (nSPS) is 12.0. The van der Waals surface area contributed by atoms with Gasteiger partial charge >= 0.3 is 0 Å².